The molecule has 2 aliphatic carbocycles. The van der Waals surface area contributed by atoms with E-state index in [2.05, 4.69) is 22.2 Å². The molecule has 0 radical (unpaired) electrons. The first kappa shape index (κ1) is 25.4. The number of fused-ring (bicyclic) bond motifs is 1. The molecule has 1 aliphatic heterocycles. The summed E-state index contributed by atoms with van der Waals surface area (Å²) in [5, 5.41) is 15.8. The van der Waals surface area contributed by atoms with Crippen LogP contribution in [0.25, 0.3) is 21.3 Å². The molecular weight excluding hydrogens is 555 g/mol. The van der Waals surface area contributed by atoms with Crippen LogP contribution in [0.15, 0.2) is 47.0 Å². The summed E-state index contributed by atoms with van der Waals surface area (Å²) in [7, 11) is 0. The lowest BCUT2D eigenvalue weighted by atomic mass is 9.61. The molecule has 0 bridgehead atoms. The van der Waals surface area contributed by atoms with Crippen molar-refractivity contribution in [1.82, 2.24) is 5.16 Å². The molecule has 39 heavy (non-hydrogen) atoms. The highest BCUT2D eigenvalue weighted by molar-refractivity contribution is 7.20. The number of hydrogen-bond donors (Lipinski definition) is 1. The van der Waals surface area contributed by atoms with Crippen molar-refractivity contribution in [1.29, 1.82) is 0 Å². The van der Waals surface area contributed by atoms with Gasteiger partial charge in [0, 0.05) is 40.5 Å². The number of carboxylic acid groups (broad SMARTS) is 1. The lowest BCUT2D eigenvalue weighted by Gasteiger charge is -2.52. The lowest BCUT2D eigenvalue weighted by Crippen LogP contribution is -2.50. The van der Waals surface area contributed by atoms with Crippen molar-refractivity contribution < 1.29 is 19.2 Å². The molecule has 2 aromatic heterocycles. The third kappa shape index (κ3) is 4.73. The zero-order chi connectivity index (χ0) is 26.7. The predicted octanol–water partition coefficient (Wildman–Crippen LogP) is 8.40. The predicted molar refractivity (Wildman–Crippen MR) is 154 cm³/mol. The van der Waals surface area contributed by atoms with Crippen LogP contribution in [0, 0.1) is 5.41 Å². The van der Waals surface area contributed by atoms with E-state index in [1.807, 2.05) is 24.3 Å². The number of thiophene rings is 1. The van der Waals surface area contributed by atoms with Gasteiger partial charge in [-0.15, -0.1) is 11.3 Å². The molecule has 2 saturated carbocycles. The minimum atomic E-state index is -0.865. The van der Waals surface area contributed by atoms with E-state index in [1.54, 1.807) is 6.07 Å². The Bertz CT molecular complexity index is 1540. The Kier molecular flexibility index (Phi) is 6.38. The number of aromatic carboxylic acids is 1. The van der Waals surface area contributed by atoms with Gasteiger partial charge in [0.25, 0.3) is 0 Å². The summed E-state index contributed by atoms with van der Waals surface area (Å²) in [4.78, 5) is 14.2. The number of carbonyl (C=O) groups is 1. The zero-order valence-corrected chi connectivity index (χ0v) is 23.6. The van der Waals surface area contributed by atoms with Crippen molar-refractivity contribution in [2.24, 2.45) is 5.41 Å². The molecule has 3 fully saturated rings. The average molecular weight is 584 g/mol. The van der Waals surface area contributed by atoms with Gasteiger partial charge in [0.05, 0.1) is 22.8 Å². The summed E-state index contributed by atoms with van der Waals surface area (Å²) >= 11 is 14.3. The Balaban J connectivity index is 0.988. The monoisotopic (exact) mass is 582 g/mol. The van der Waals surface area contributed by atoms with E-state index in [0.717, 1.165) is 73.0 Å². The number of nitrogens with zero attached hydrogens (tertiary/aromatic N) is 2. The third-order valence-electron chi connectivity index (χ3n) is 8.65. The molecule has 7 rings (SSSR count). The van der Waals surface area contributed by atoms with Crippen LogP contribution < -0.4 is 4.90 Å². The maximum absolute atomic E-state index is 11.3. The summed E-state index contributed by atoms with van der Waals surface area (Å²) in [5.41, 5.74) is 3.92. The summed E-state index contributed by atoms with van der Waals surface area (Å²) in [6, 6.07) is 13.5. The van der Waals surface area contributed by atoms with Gasteiger partial charge in [0.1, 0.15) is 16.3 Å². The highest BCUT2D eigenvalue weighted by Crippen LogP contribution is 2.52. The second-order valence-corrected chi connectivity index (χ2v) is 13.1. The van der Waals surface area contributed by atoms with E-state index in [1.165, 1.54) is 17.0 Å². The Morgan fingerprint density at radius 1 is 1.13 bits per heavy atom. The zero-order valence-electron chi connectivity index (χ0n) is 21.3. The summed E-state index contributed by atoms with van der Waals surface area (Å²) in [5.74, 6) is 0.463. The smallest absolute Gasteiger partial charge is 0.345 e. The second-order valence-electron chi connectivity index (χ2n) is 11.2. The van der Waals surface area contributed by atoms with Crippen molar-refractivity contribution >= 4 is 56.3 Å². The van der Waals surface area contributed by atoms with E-state index in [4.69, 9.17) is 32.5 Å². The molecule has 1 N–H and O–H groups in total. The van der Waals surface area contributed by atoms with Crippen LogP contribution in [0.5, 0.6) is 0 Å². The molecule has 0 atom stereocenters. The molecule has 1 saturated heterocycles. The quantitative estimate of drug-likeness (QED) is 0.236. The van der Waals surface area contributed by atoms with Crippen LogP contribution in [0.4, 0.5) is 5.69 Å². The Morgan fingerprint density at radius 3 is 2.56 bits per heavy atom. The van der Waals surface area contributed by atoms with Gasteiger partial charge in [0.2, 0.25) is 0 Å². The largest absolute Gasteiger partial charge is 0.477 e. The summed E-state index contributed by atoms with van der Waals surface area (Å²) in [6.45, 7) is 2.46. The number of halogens is 2. The van der Waals surface area contributed by atoms with Crippen LogP contribution in [0.3, 0.4) is 0 Å². The normalized spacial score (nSPS) is 19.1. The number of carboxylic acids is 1. The van der Waals surface area contributed by atoms with Crippen molar-refractivity contribution in [2.75, 3.05) is 18.0 Å². The van der Waals surface area contributed by atoms with Gasteiger partial charge >= 0.3 is 5.97 Å². The minimum absolute atomic E-state index is 0.227. The number of benzene rings is 2. The van der Waals surface area contributed by atoms with Gasteiger partial charge in [0.15, 0.2) is 0 Å². The first-order valence-electron chi connectivity index (χ1n) is 13.5. The SMILES string of the molecule is O=C(O)c1cc2ccc(N3CCC4(CC3)CC(OCc3c(-c5c(Cl)cccc5Cl)noc3C3CC3)C4)cc2s1. The van der Waals surface area contributed by atoms with E-state index < -0.39 is 5.97 Å². The van der Waals surface area contributed by atoms with Crippen molar-refractivity contribution in [2.45, 2.75) is 57.2 Å². The number of ether oxygens (including phenoxy) is 1. The van der Waals surface area contributed by atoms with Gasteiger partial charge in [-0.3, -0.25) is 0 Å². The fourth-order valence-corrected chi connectivity index (χ4v) is 7.75. The molecule has 1 spiro atoms. The fourth-order valence-electron chi connectivity index (χ4n) is 6.24. The van der Waals surface area contributed by atoms with Gasteiger partial charge in [-0.1, -0.05) is 40.5 Å². The van der Waals surface area contributed by atoms with E-state index in [9.17, 15) is 9.90 Å². The molecule has 0 unspecified atom stereocenters. The molecular formula is C30H28Cl2N2O4S. The molecule has 2 aromatic carbocycles. The van der Waals surface area contributed by atoms with Gasteiger partial charge in [-0.25, -0.2) is 4.79 Å². The van der Waals surface area contributed by atoms with Crippen molar-refractivity contribution in [3.05, 3.63) is 68.7 Å². The average Bonchev–Trinajstić information content (AvgIpc) is 3.52. The highest BCUT2D eigenvalue weighted by atomic mass is 35.5. The third-order valence-corrected chi connectivity index (χ3v) is 10.4. The van der Waals surface area contributed by atoms with E-state index in [0.29, 0.717) is 44.1 Å². The molecule has 4 aromatic rings. The molecule has 0 amide bonds. The van der Waals surface area contributed by atoms with Gasteiger partial charge < -0.3 is 19.3 Å². The van der Waals surface area contributed by atoms with Crippen LogP contribution in [0.2, 0.25) is 10.0 Å². The number of rotatable bonds is 7. The van der Waals surface area contributed by atoms with Crippen molar-refractivity contribution in [3.63, 3.8) is 0 Å². The van der Waals surface area contributed by atoms with Crippen LogP contribution in [0.1, 0.15) is 65.4 Å². The second kappa shape index (κ2) is 9.81. The Labute approximate surface area is 240 Å². The molecule has 3 heterocycles. The van der Waals surface area contributed by atoms with Crippen LogP contribution in [-0.4, -0.2) is 35.4 Å². The van der Waals surface area contributed by atoms with E-state index in [-0.39, 0.29) is 6.10 Å². The molecule has 3 aliphatic rings. The number of hydrogen-bond acceptors (Lipinski definition) is 6. The van der Waals surface area contributed by atoms with Gasteiger partial charge in [-0.2, -0.15) is 0 Å². The number of anilines is 1. The highest BCUT2D eigenvalue weighted by Gasteiger charge is 2.46. The maximum atomic E-state index is 11.3. The minimum Gasteiger partial charge on any atom is -0.477 e. The van der Waals surface area contributed by atoms with Gasteiger partial charge in [-0.05, 0) is 79.7 Å². The van der Waals surface area contributed by atoms with Crippen molar-refractivity contribution in [3.8, 4) is 11.3 Å². The Morgan fingerprint density at radius 2 is 1.87 bits per heavy atom. The summed E-state index contributed by atoms with van der Waals surface area (Å²) < 4.78 is 13.3. The first-order valence-corrected chi connectivity index (χ1v) is 15.0. The Hall–Kier alpha value is -2.58. The first-order chi connectivity index (χ1) is 18.9. The van der Waals surface area contributed by atoms with Crippen LogP contribution >= 0.6 is 34.5 Å². The topological polar surface area (TPSA) is 75.8 Å². The number of aromatic nitrogens is 1. The molecule has 6 nitrogen and oxygen atoms in total. The molecule has 202 valence electrons. The van der Waals surface area contributed by atoms with E-state index >= 15 is 0 Å². The fraction of sp³-hybridized carbons (Fsp3) is 0.400. The lowest BCUT2D eigenvalue weighted by molar-refractivity contribution is -0.0979. The number of piperidine rings is 1. The van der Waals surface area contributed by atoms with Crippen LogP contribution in [-0.2, 0) is 11.3 Å². The standard InChI is InChI=1S/C30H28Cl2N2O4S/c31-22-2-1-3-23(32)26(22)27-21(28(38-33-27)17-4-5-17)16-37-20-14-30(15-20)8-10-34(11-9-30)19-7-6-18-12-25(29(35)36)39-24(18)13-19/h1-3,6-7,12-13,17,20H,4-5,8-11,14-16H2,(H,35,36). The molecule has 9 heteroatoms. The maximum Gasteiger partial charge on any atom is 0.345 e. The summed E-state index contributed by atoms with van der Waals surface area (Å²) in [6.07, 6.45) is 6.86.